The van der Waals surface area contributed by atoms with Gasteiger partial charge in [0.05, 0.1) is 17.2 Å². The average molecular weight is 439 g/mol. The molecule has 1 aromatic rings. The molecule has 0 saturated carbocycles. The van der Waals surface area contributed by atoms with Gasteiger partial charge in [-0.3, -0.25) is 15.0 Å². The molecular formula is C20H30N4O5S. The Labute approximate surface area is 177 Å². The molecule has 0 aliphatic carbocycles. The number of hydrogen-bond acceptors (Lipinski definition) is 7. The number of nitro groups is 1. The first-order valence-electron chi connectivity index (χ1n) is 10.8. The molecule has 166 valence electrons. The second-order valence-corrected chi connectivity index (χ2v) is 10.3. The van der Waals surface area contributed by atoms with E-state index in [4.69, 9.17) is 4.74 Å². The summed E-state index contributed by atoms with van der Waals surface area (Å²) < 4.78 is 33.5. The van der Waals surface area contributed by atoms with Crippen molar-refractivity contribution in [3.63, 3.8) is 0 Å². The maximum Gasteiger partial charge on any atom is 0.270 e. The standard InChI is InChI=1S/C20H30N4O5S/c25-24(26)17-5-6-18(20(13-17)30(27,28)23-10-3-4-11-23)21-14-19(16-7-12-29-15-16)22-8-1-2-9-22/h5-6,13,16,19,21H,1-4,7-12,14-15H2/t16-,19+/m0/s1. The molecule has 0 radical (unpaired) electrons. The first kappa shape index (κ1) is 21.5. The highest BCUT2D eigenvalue weighted by Gasteiger charge is 2.34. The number of non-ortho nitro benzene ring substituents is 1. The molecule has 4 rings (SSSR count). The second kappa shape index (κ2) is 9.17. The van der Waals surface area contributed by atoms with Crippen LogP contribution in [0.25, 0.3) is 0 Å². The summed E-state index contributed by atoms with van der Waals surface area (Å²) in [5, 5.41) is 14.6. The van der Waals surface area contributed by atoms with Crippen LogP contribution >= 0.6 is 0 Å². The van der Waals surface area contributed by atoms with Crippen molar-refractivity contribution in [3.8, 4) is 0 Å². The molecule has 3 heterocycles. The third-order valence-corrected chi connectivity index (χ3v) is 8.42. The average Bonchev–Trinajstić information content (AvgIpc) is 3.51. The lowest BCUT2D eigenvalue weighted by Gasteiger charge is -2.32. The quantitative estimate of drug-likeness (QED) is 0.490. The van der Waals surface area contributed by atoms with Crippen LogP contribution < -0.4 is 5.32 Å². The van der Waals surface area contributed by atoms with Crippen LogP contribution in [0.15, 0.2) is 23.1 Å². The smallest absolute Gasteiger partial charge is 0.270 e. The molecular weight excluding hydrogens is 408 g/mol. The summed E-state index contributed by atoms with van der Waals surface area (Å²) in [6, 6.07) is 4.36. The van der Waals surface area contributed by atoms with Gasteiger partial charge in [-0.2, -0.15) is 4.31 Å². The summed E-state index contributed by atoms with van der Waals surface area (Å²) in [5.74, 6) is 0.410. The maximum atomic E-state index is 13.2. The predicted molar refractivity (Wildman–Crippen MR) is 113 cm³/mol. The number of rotatable bonds is 8. The third-order valence-electron chi connectivity index (χ3n) is 6.48. The molecule has 3 aliphatic heterocycles. The Balaban J connectivity index is 1.60. The number of ether oxygens (including phenoxy) is 1. The van der Waals surface area contributed by atoms with Crippen molar-refractivity contribution >= 4 is 21.4 Å². The van der Waals surface area contributed by atoms with Crippen LogP contribution in [0, 0.1) is 16.0 Å². The Kier molecular flexibility index (Phi) is 6.57. The summed E-state index contributed by atoms with van der Waals surface area (Å²) in [7, 11) is -3.78. The highest BCUT2D eigenvalue weighted by Crippen LogP contribution is 2.32. The molecule has 0 spiro atoms. The Morgan fingerprint density at radius 1 is 1.17 bits per heavy atom. The minimum Gasteiger partial charge on any atom is -0.382 e. The number of nitrogens with one attached hydrogen (secondary N) is 1. The topological polar surface area (TPSA) is 105 Å². The number of sulfonamides is 1. The van der Waals surface area contributed by atoms with Gasteiger partial charge in [-0.15, -0.1) is 0 Å². The summed E-state index contributed by atoms with van der Waals surface area (Å²) >= 11 is 0. The summed E-state index contributed by atoms with van der Waals surface area (Å²) in [5.41, 5.74) is 0.231. The molecule has 1 N–H and O–H groups in total. The zero-order chi connectivity index (χ0) is 21.1. The first-order valence-corrected chi connectivity index (χ1v) is 12.2. The van der Waals surface area contributed by atoms with Crippen molar-refractivity contribution in [2.45, 2.75) is 43.0 Å². The van der Waals surface area contributed by atoms with Crippen molar-refractivity contribution in [3.05, 3.63) is 28.3 Å². The summed E-state index contributed by atoms with van der Waals surface area (Å²) in [4.78, 5) is 13.2. The van der Waals surface area contributed by atoms with E-state index < -0.39 is 14.9 Å². The van der Waals surface area contributed by atoms with Crippen molar-refractivity contribution in [2.24, 2.45) is 5.92 Å². The van der Waals surface area contributed by atoms with E-state index >= 15 is 0 Å². The molecule has 3 saturated heterocycles. The van der Waals surface area contributed by atoms with Crippen LogP contribution in [-0.4, -0.2) is 74.5 Å². The molecule has 0 bridgehead atoms. The fourth-order valence-electron chi connectivity index (χ4n) is 4.79. The SMILES string of the molecule is O=[N+]([O-])c1ccc(NC[C@H]([C@H]2CCOC2)N2CCCC2)c(S(=O)(=O)N2CCCC2)c1. The Morgan fingerprint density at radius 3 is 2.50 bits per heavy atom. The minimum atomic E-state index is -3.78. The van der Waals surface area contributed by atoms with Gasteiger partial charge in [0.2, 0.25) is 10.0 Å². The van der Waals surface area contributed by atoms with E-state index in [1.54, 1.807) is 0 Å². The van der Waals surface area contributed by atoms with Gasteiger partial charge >= 0.3 is 0 Å². The Morgan fingerprint density at radius 2 is 1.87 bits per heavy atom. The molecule has 10 heteroatoms. The third kappa shape index (κ3) is 4.46. The van der Waals surface area contributed by atoms with E-state index in [-0.39, 0.29) is 16.6 Å². The number of hydrogen-bond donors (Lipinski definition) is 1. The number of anilines is 1. The molecule has 30 heavy (non-hydrogen) atoms. The zero-order valence-corrected chi connectivity index (χ0v) is 18.0. The highest BCUT2D eigenvalue weighted by molar-refractivity contribution is 7.89. The first-order chi connectivity index (χ1) is 14.5. The van der Waals surface area contributed by atoms with Crippen LogP contribution in [0.5, 0.6) is 0 Å². The number of nitrogens with zero attached hydrogens (tertiary/aromatic N) is 3. The van der Waals surface area contributed by atoms with Crippen molar-refractivity contribution in [1.29, 1.82) is 0 Å². The van der Waals surface area contributed by atoms with Crippen LogP contribution in [0.3, 0.4) is 0 Å². The molecule has 0 aromatic heterocycles. The Hall–Kier alpha value is -1.75. The van der Waals surface area contributed by atoms with Crippen LogP contribution in [0.4, 0.5) is 11.4 Å². The van der Waals surface area contributed by atoms with Gasteiger partial charge in [-0.05, 0) is 51.3 Å². The minimum absolute atomic E-state index is 0.00134. The van der Waals surface area contributed by atoms with Crippen LogP contribution in [0.1, 0.15) is 32.1 Å². The van der Waals surface area contributed by atoms with Gasteiger partial charge in [0.25, 0.3) is 5.69 Å². The Bertz CT molecular complexity index is 844. The van der Waals surface area contributed by atoms with Crippen molar-refractivity contribution in [2.75, 3.05) is 51.3 Å². The van der Waals surface area contributed by atoms with E-state index in [1.807, 2.05) is 0 Å². The van der Waals surface area contributed by atoms with Gasteiger partial charge in [0, 0.05) is 50.3 Å². The van der Waals surface area contributed by atoms with Gasteiger partial charge in [-0.1, -0.05) is 0 Å². The van der Waals surface area contributed by atoms with Gasteiger partial charge in [0.15, 0.2) is 0 Å². The number of likely N-dealkylation sites (tertiary alicyclic amines) is 1. The number of nitro benzene ring substituents is 1. The molecule has 0 unspecified atom stereocenters. The zero-order valence-electron chi connectivity index (χ0n) is 17.2. The fourth-order valence-corrected chi connectivity index (χ4v) is 6.49. The van der Waals surface area contributed by atoms with Gasteiger partial charge < -0.3 is 10.1 Å². The van der Waals surface area contributed by atoms with Gasteiger partial charge in [-0.25, -0.2) is 8.42 Å². The molecule has 9 nitrogen and oxygen atoms in total. The largest absolute Gasteiger partial charge is 0.382 e. The fraction of sp³-hybridized carbons (Fsp3) is 0.700. The lowest BCUT2D eigenvalue weighted by molar-refractivity contribution is -0.385. The molecule has 3 fully saturated rings. The summed E-state index contributed by atoms with van der Waals surface area (Å²) in [6.07, 6.45) is 4.99. The lowest BCUT2D eigenvalue weighted by atomic mass is 9.97. The predicted octanol–water partition coefficient (Wildman–Crippen LogP) is 2.29. The highest BCUT2D eigenvalue weighted by atomic mass is 32.2. The maximum absolute atomic E-state index is 13.2. The molecule has 2 atom stereocenters. The van der Waals surface area contributed by atoms with E-state index in [9.17, 15) is 18.5 Å². The molecule has 3 aliphatic rings. The molecule has 0 amide bonds. The summed E-state index contributed by atoms with van der Waals surface area (Å²) in [6.45, 7) is 5.09. The van der Waals surface area contributed by atoms with E-state index in [0.717, 1.165) is 45.6 Å². The second-order valence-electron chi connectivity index (χ2n) is 8.36. The number of benzene rings is 1. The monoisotopic (exact) mass is 438 g/mol. The van der Waals surface area contributed by atoms with Crippen molar-refractivity contribution < 1.29 is 18.1 Å². The van der Waals surface area contributed by atoms with E-state index in [1.165, 1.54) is 35.3 Å². The lowest BCUT2D eigenvalue weighted by Crippen LogP contribution is -2.44. The van der Waals surface area contributed by atoms with E-state index in [2.05, 4.69) is 10.2 Å². The van der Waals surface area contributed by atoms with Gasteiger partial charge in [0.1, 0.15) is 4.90 Å². The normalized spacial score (nSPS) is 24.3. The van der Waals surface area contributed by atoms with Crippen molar-refractivity contribution in [1.82, 2.24) is 9.21 Å². The van der Waals surface area contributed by atoms with Crippen LogP contribution in [0.2, 0.25) is 0 Å². The molecule has 1 aromatic carbocycles. The van der Waals surface area contributed by atoms with E-state index in [0.29, 0.717) is 31.2 Å². The van der Waals surface area contributed by atoms with Crippen LogP contribution in [-0.2, 0) is 14.8 Å².